The Morgan fingerprint density at radius 1 is 1.06 bits per heavy atom. The van der Waals surface area contributed by atoms with E-state index in [-0.39, 0.29) is 0 Å². The van der Waals surface area contributed by atoms with Gasteiger partial charge in [0.15, 0.2) is 0 Å². The summed E-state index contributed by atoms with van der Waals surface area (Å²) in [6, 6.07) is 11.6. The number of benzene rings is 1. The highest BCUT2D eigenvalue weighted by atomic mass is 28.3. The molecule has 0 spiro atoms. The molecule has 0 aliphatic rings. The van der Waals surface area contributed by atoms with Gasteiger partial charge in [0.2, 0.25) is 0 Å². The largest absolute Gasteiger partial charge is 0.400 e. The summed E-state index contributed by atoms with van der Waals surface area (Å²) in [5.74, 6) is 0. The molecule has 1 aromatic rings. The quantitative estimate of drug-likeness (QED) is 0.540. The van der Waals surface area contributed by atoms with Crippen LogP contribution in [0.25, 0.3) is 0 Å². The molecule has 17 heavy (non-hydrogen) atoms. The van der Waals surface area contributed by atoms with Crippen molar-refractivity contribution in [3.63, 3.8) is 0 Å². The van der Waals surface area contributed by atoms with Crippen LogP contribution in [0, 0.1) is 0 Å². The van der Waals surface area contributed by atoms with Crippen LogP contribution in [0.4, 0.5) is 0 Å². The van der Waals surface area contributed by atoms with E-state index in [1.54, 1.807) is 14.2 Å². The van der Waals surface area contributed by atoms with Gasteiger partial charge in [0, 0.05) is 20.8 Å². The smallest absolute Gasteiger partial charge is 0.320 e. The maximum absolute atomic E-state index is 5.27. The molecule has 0 saturated carbocycles. The second kappa shape index (κ2) is 9.36. The molecule has 0 unspecified atom stereocenters. The molecule has 0 aromatic heterocycles. The molecule has 0 saturated heterocycles. The summed E-state index contributed by atoms with van der Waals surface area (Å²) in [4.78, 5) is 0. The average molecular weight is 253 g/mol. The van der Waals surface area contributed by atoms with Crippen LogP contribution in [0.3, 0.4) is 0 Å². The zero-order valence-corrected chi connectivity index (χ0v) is 12.0. The fraction of sp³-hybridized carbons (Fsp3) is 0.538. The van der Waals surface area contributed by atoms with Crippen molar-refractivity contribution in [3.8, 4) is 0 Å². The predicted molar refractivity (Wildman–Crippen MR) is 73.4 cm³/mol. The van der Waals surface area contributed by atoms with Crippen LogP contribution in [-0.2, 0) is 15.4 Å². The Bertz CT molecular complexity index is 278. The minimum absolute atomic E-state index is 0.955. The summed E-state index contributed by atoms with van der Waals surface area (Å²) in [6.07, 6.45) is 2.36. The van der Waals surface area contributed by atoms with Gasteiger partial charge in [-0.15, -0.1) is 0 Å². The van der Waals surface area contributed by atoms with E-state index in [9.17, 15) is 0 Å². The van der Waals surface area contributed by atoms with E-state index in [1.165, 1.54) is 18.4 Å². The number of rotatable bonds is 9. The zero-order valence-electron chi connectivity index (χ0n) is 10.8. The highest BCUT2D eigenvalue weighted by Crippen LogP contribution is 2.02. The molecule has 0 fully saturated rings. The molecular formula is C13H23NO2Si. The van der Waals surface area contributed by atoms with Gasteiger partial charge in [0.25, 0.3) is 0 Å². The maximum atomic E-state index is 5.27. The van der Waals surface area contributed by atoms with Gasteiger partial charge >= 0.3 is 9.28 Å². The SMILES string of the molecule is CO[SiH](CCCCNCc1ccccc1)OC. The van der Waals surface area contributed by atoms with Crippen LogP contribution >= 0.6 is 0 Å². The van der Waals surface area contributed by atoms with Gasteiger partial charge in [0.1, 0.15) is 0 Å². The van der Waals surface area contributed by atoms with Crippen molar-refractivity contribution in [2.75, 3.05) is 20.8 Å². The van der Waals surface area contributed by atoms with E-state index < -0.39 is 9.28 Å². The standard InChI is InChI=1S/C13H23NO2Si/c1-15-17(16-2)11-7-6-10-14-12-13-8-4-3-5-9-13/h3-5,8-9,14,17H,6-7,10-12H2,1-2H3. The van der Waals surface area contributed by atoms with Crippen LogP contribution in [0.1, 0.15) is 18.4 Å². The van der Waals surface area contributed by atoms with Crippen LogP contribution in [0.2, 0.25) is 6.04 Å². The van der Waals surface area contributed by atoms with Crippen molar-refractivity contribution in [2.45, 2.75) is 25.4 Å². The Kier molecular flexibility index (Phi) is 7.91. The first-order chi connectivity index (χ1) is 8.36. The van der Waals surface area contributed by atoms with E-state index in [1.807, 2.05) is 6.07 Å². The molecule has 3 nitrogen and oxygen atoms in total. The van der Waals surface area contributed by atoms with E-state index in [0.717, 1.165) is 19.1 Å². The van der Waals surface area contributed by atoms with Gasteiger partial charge in [-0.2, -0.15) is 0 Å². The van der Waals surface area contributed by atoms with E-state index in [0.29, 0.717) is 0 Å². The van der Waals surface area contributed by atoms with Crippen molar-refractivity contribution in [1.82, 2.24) is 5.32 Å². The lowest BCUT2D eigenvalue weighted by atomic mass is 10.2. The normalized spacial score (nSPS) is 11.0. The van der Waals surface area contributed by atoms with Gasteiger partial charge in [-0.1, -0.05) is 36.8 Å². The summed E-state index contributed by atoms with van der Waals surface area (Å²) in [5.41, 5.74) is 1.34. The van der Waals surface area contributed by atoms with Crippen LogP contribution in [0.15, 0.2) is 30.3 Å². The molecule has 0 radical (unpaired) electrons. The third-order valence-electron chi connectivity index (χ3n) is 2.74. The van der Waals surface area contributed by atoms with E-state index >= 15 is 0 Å². The monoisotopic (exact) mass is 253 g/mol. The first-order valence-electron chi connectivity index (χ1n) is 6.17. The third-order valence-corrected chi connectivity index (χ3v) is 4.67. The third kappa shape index (κ3) is 6.58. The second-order valence-electron chi connectivity index (χ2n) is 4.06. The second-order valence-corrected chi connectivity index (χ2v) is 6.44. The first kappa shape index (κ1) is 14.4. The number of hydrogen-bond acceptors (Lipinski definition) is 3. The molecule has 0 heterocycles. The molecule has 0 atom stereocenters. The molecule has 1 N–H and O–H groups in total. The zero-order chi connectivity index (χ0) is 12.3. The number of hydrogen-bond donors (Lipinski definition) is 1. The fourth-order valence-electron chi connectivity index (χ4n) is 1.72. The van der Waals surface area contributed by atoms with E-state index in [4.69, 9.17) is 8.85 Å². The van der Waals surface area contributed by atoms with Crippen LogP contribution < -0.4 is 5.32 Å². The topological polar surface area (TPSA) is 30.5 Å². The maximum Gasteiger partial charge on any atom is 0.320 e. The van der Waals surface area contributed by atoms with Gasteiger partial charge in [-0.25, -0.2) is 0 Å². The average Bonchev–Trinajstić information content (AvgIpc) is 2.39. The van der Waals surface area contributed by atoms with Crippen molar-refractivity contribution in [1.29, 1.82) is 0 Å². The summed E-state index contributed by atoms with van der Waals surface area (Å²) in [7, 11) is 2.16. The summed E-state index contributed by atoms with van der Waals surface area (Å²) in [5, 5.41) is 3.45. The Morgan fingerprint density at radius 3 is 2.41 bits per heavy atom. The number of unbranched alkanes of at least 4 members (excludes halogenated alkanes) is 1. The van der Waals surface area contributed by atoms with Crippen molar-refractivity contribution in [2.24, 2.45) is 0 Å². The predicted octanol–water partition coefficient (Wildman–Crippen LogP) is 2.07. The van der Waals surface area contributed by atoms with Crippen LogP contribution in [0.5, 0.6) is 0 Å². The molecule has 4 heteroatoms. The molecule has 0 bridgehead atoms. The van der Waals surface area contributed by atoms with Crippen molar-refractivity contribution in [3.05, 3.63) is 35.9 Å². The molecule has 1 rings (SSSR count). The molecule has 96 valence electrons. The Morgan fingerprint density at radius 2 is 1.76 bits per heavy atom. The Labute approximate surface area is 106 Å². The first-order valence-corrected chi connectivity index (χ1v) is 7.93. The lowest BCUT2D eigenvalue weighted by molar-refractivity contribution is 0.276. The summed E-state index contributed by atoms with van der Waals surface area (Å²) >= 11 is 0. The van der Waals surface area contributed by atoms with Crippen molar-refractivity contribution < 1.29 is 8.85 Å². The Hall–Kier alpha value is -0.683. The fourth-order valence-corrected chi connectivity index (χ4v) is 3.01. The highest BCUT2D eigenvalue weighted by Gasteiger charge is 2.07. The highest BCUT2D eigenvalue weighted by molar-refractivity contribution is 6.44. The minimum atomic E-state index is -1.33. The molecule has 0 aliphatic heterocycles. The van der Waals surface area contributed by atoms with Gasteiger partial charge in [-0.3, -0.25) is 0 Å². The molecule has 0 aliphatic carbocycles. The lowest BCUT2D eigenvalue weighted by Crippen LogP contribution is -2.20. The molecular weight excluding hydrogens is 230 g/mol. The van der Waals surface area contributed by atoms with Gasteiger partial charge in [0.05, 0.1) is 0 Å². The Balaban J connectivity index is 1.98. The molecule has 0 amide bonds. The van der Waals surface area contributed by atoms with Crippen LogP contribution in [-0.4, -0.2) is 30.0 Å². The van der Waals surface area contributed by atoms with Gasteiger partial charge < -0.3 is 14.2 Å². The summed E-state index contributed by atoms with van der Waals surface area (Å²) in [6.45, 7) is 2.01. The number of nitrogens with one attached hydrogen (secondary N) is 1. The van der Waals surface area contributed by atoms with Crippen molar-refractivity contribution >= 4 is 9.28 Å². The molecule has 1 aromatic carbocycles. The minimum Gasteiger partial charge on any atom is -0.400 e. The van der Waals surface area contributed by atoms with E-state index in [2.05, 4.69) is 29.6 Å². The summed E-state index contributed by atoms with van der Waals surface area (Å²) < 4.78 is 10.5. The lowest BCUT2D eigenvalue weighted by Gasteiger charge is -2.10. The van der Waals surface area contributed by atoms with Gasteiger partial charge in [-0.05, 0) is 24.6 Å².